The van der Waals surface area contributed by atoms with Crippen molar-refractivity contribution in [2.24, 2.45) is 5.10 Å². The van der Waals surface area contributed by atoms with Crippen molar-refractivity contribution in [2.75, 3.05) is 0 Å². The number of hydrazone groups is 1. The summed E-state index contributed by atoms with van der Waals surface area (Å²) in [5.41, 5.74) is 1.82. The normalized spacial score (nSPS) is 10.9. The van der Waals surface area contributed by atoms with Crippen LogP contribution in [0.25, 0.3) is 5.69 Å². The maximum atomic E-state index is 12.2. The lowest BCUT2D eigenvalue weighted by molar-refractivity contribution is 0.0955. The molecule has 2 heterocycles. The molecule has 0 unspecified atom stereocenters. The summed E-state index contributed by atoms with van der Waals surface area (Å²) in [5.74, 6) is -1.12. The predicted octanol–water partition coefficient (Wildman–Crippen LogP) is 1.46. The first-order valence-electron chi connectivity index (χ1n) is 7.96. The number of halogens is 1. The van der Waals surface area contributed by atoms with Crippen molar-refractivity contribution in [1.82, 2.24) is 20.0 Å². The Morgan fingerprint density at radius 1 is 1.29 bits per heavy atom. The van der Waals surface area contributed by atoms with Gasteiger partial charge in [0.25, 0.3) is 11.5 Å². The minimum atomic E-state index is -0.838. The van der Waals surface area contributed by atoms with Crippen LogP contribution in [0.4, 0.5) is 0 Å². The Bertz CT molecular complexity index is 1180. The third-order valence-corrected chi connectivity index (χ3v) is 4.71. The van der Waals surface area contributed by atoms with Gasteiger partial charge >= 0.3 is 5.69 Å². The summed E-state index contributed by atoms with van der Waals surface area (Å²) in [7, 11) is 0. The first kappa shape index (κ1) is 19.2. The fourth-order valence-electron chi connectivity index (χ4n) is 2.39. The standard InChI is InChI=1S/C18H14BrN5O4/c1-10-8-12(2-3-14(10)19)24-17(27)13(16(26)22-18(24)28)9-21-23-15(25)11-4-6-20-7-5-11/h2-9,27H,1H3,(H,23,25)(H,22,26,28). The number of aromatic hydroxyl groups is 1. The third-order valence-electron chi connectivity index (χ3n) is 3.82. The van der Waals surface area contributed by atoms with Crippen LogP contribution in [0.2, 0.25) is 0 Å². The quantitative estimate of drug-likeness (QED) is 0.415. The van der Waals surface area contributed by atoms with Gasteiger partial charge in [-0.25, -0.2) is 14.8 Å². The Morgan fingerprint density at radius 3 is 2.68 bits per heavy atom. The van der Waals surface area contributed by atoms with Crippen LogP contribution >= 0.6 is 15.9 Å². The van der Waals surface area contributed by atoms with Crippen LogP contribution in [0.5, 0.6) is 5.88 Å². The molecular weight excluding hydrogens is 430 g/mol. The molecule has 9 nitrogen and oxygen atoms in total. The molecule has 0 aliphatic heterocycles. The molecule has 3 rings (SSSR count). The summed E-state index contributed by atoms with van der Waals surface area (Å²) in [5, 5.41) is 14.2. The number of hydrogen-bond donors (Lipinski definition) is 3. The minimum absolute atomic E-state index is 0.282. The molecule has 0 radical (unpaired) electrons. The van der Waals surface area contributed by atoms with E-state index in [2.05, 4.69) is 36.4 Å². The number of pyridine rings is 1. The van der Waals surface area contributed by atoms with Crippen molar-refractivity contribution in [1.29, 1.82) is 0 Å². The molecule has 0 spiro atoms. The molecule has 0 bridgehead atoms. The highest BCUT2D eigenvalue weighted by atomic mass is 79.9. The summed E-state index contributed by atoms with van der Waals surface area (Å²) in [6.45, 7) is 1.82. The van der Waals surface area contributed by atoms with Gasteiger partial charge in [0, 0.05) is 22.4 Å². The van der Waals surface area contributed by atoms with E-state index in [1.165, 1.54) is 24.5 Å². The Hall–Kier alpha value is -3.53. The van der Waals surface area contributed by atoms with Gasteiger partial charge in [0.05, 0.1) is 11.9 Å². The van der Waals surface area contributed by atoms with Crippen LogP contribution in [0.3, 0.4) is 0 Å². The Morgan fingerprint density at radius 2 is 2.00 bits per heavy atom. The number of carbonyl (C=O) groups excluding carboxylic acids is 1. The first-order valence-corrected chi connectivity index (χ1v) is 8.76. The smallest absolute Gasteiger partial charge is 0.335 e. The van der Waals surface area contributed by atoms with Crippen molar-refractivity contribution in [3.63, 3.8) is 0 Å². The molecule has 1 amide bonds. The molecule has 142 valence electrons. The minimum Gasteiger partial charge on any atom is -0.493 e. The average molecular weight is 444 g/mol. The molecule has 10 heteroatoms. The van der Waals surface area contributed by atoms with Crippen molar-refractivity contribution in [3.8, 4) is 11.6 Å². The number of rotatable bonds is 4. The molecule has 0 aliphatic carbocycles. The monoisotopic (exact) mass is 443 g/mol. The number of aromatic nitrogens is 3. The lowest BCUT2D eigenvalue weighted by Crippen LogP contribution is -2.31. The summed E-state index contributed by atoms with van der Waals surface area (Å²) in [6, 6.07) is 7.96. The number of amides is 1. The van der Waals surface area contributed by atoms with E-state index in [0.29, 0.717) is 11.3 Å². The van der Waals surface area contributed by atoms with Gasteiger partial charge in [-0.2, -0.15) is 5.10 Å². The Labute approximate surface area is 166 Å². The second kappa shape index (κ2) is 8.01. The number of hydrogen-bond acceptors (Lipinski definition) is 6. The summed E-state index contributed by atoms with van der Waals surface area (Å²) < 4.78 is 1.76. The molecule has 0 atom stereocenters. The summed E-state index contributed by atoms with van der Waals surface area (Å²) >= 11 is 3.36. The zero-order chi connectivity index (χ0) is 20.3. The number of aryl methyl sites for hydroxylation is 1. The van der Waals surface area contributed by atoms with E-state index in [-0.39, 0.29) is 5.56 Å². The van der Waals surface area contributed by atoms with E-state index in [1.54, 1.807) is 18.2 Å². The predicted molar refractivity (Wildman–Crippen MR) is 106 cm³/mol. The Kier molecular flexibility index (Phi) is 5.50. The largest absolute Gasteiger partial charge is 0.493 e. The van der Waals surface area contributed by atoms with Crippen molar-refractivity contribution < 1.29 is 9.90 Å². The number of carbonyl (C=O) groups is 1. The van der Waals surface area contributed by atoms with Crippen molar-refractivity contribution in [3.05, 3.63) is 84.7 Å². The fourth-order valence-corrected chi connectivity index (χ4v) is 2.63. The molecule has 0 saturated heterocycles. The van der Waals surface area contributed by atoms with Crippen LogP contribution in [0, 0.1) is 6.92 Å². The molecule has 3 N–H and O–H groups in total. The lowest BCUT2D eigenvalue weighted by Gasteiger charge is -2.11. The van der Waals surface area contributed by atoms with E-state index >= 15 is 0 Å². The molecule has 0 fully saturated rings. The Balaban J connectivity index is 1.96. The average Bonchev–Trinajstić information content (AvgIpc) is 2.67. The maximum Gasteiger partial charge on any atom is 0.335 e. The van der Waals surface area contributed by atoms with Crippen LogP contribution < -0.4 is 16.7 Å². The highest BCUT2D eigenvalue weighted by Crippen LogP contribution is 2.21. The molecule has 2 aromatic heterocycles. The number of nitrogens with one attached hydrogen (secondary N) is 2. The topological polar surface area (TPSA) is 129 Å². The first-order chi connectivity index (χ1) is 13.4. The molecular formula is C18H14BrN5O4. The molecule has 0 aliphatic rings. The van der Waals surface area contributed by atoms with Gasteiger partial charge in [-0.1, -0.05) is 15.9 Å². The third kappa shape index (κ3) is 3.91. The molecule has 3 aromatic rings. The SMILES string of the molecule is Cc1cc(-n2c(O)c(C=NNC(=O)c3ccncc3)c(=O)[nH]c2=O)ccc1Br. The number of benzene rings is 1. The van der Waals surface area contributed by atoms with E-state index in [9.17, 15) is 19.5 Å². The molecule has 0 saturated carbocycles. The second-order valence-corrected chi connectivity index (χ2v) is 6.55. The zero-order valence-electron chi connectivity index (χ0n) is 14.5. The van der Waals surface area contributed by atoms with Crippen LogP contribution in [0.15, 0.2) is 61.9 Å². The van der Waals surface area contributed by atoms with Crippen LogP contribution in [0.1, 0.15) is 21.5 Å². The van der Waals surface area contributed by atoms with Crippen molar-refractivity contribution >= 4 is 28.1 Å². The van der Waals surface area contributed by atoms with E-state index in [4.69, 9.17) is 0 Å². The molecule has 28 heavy (non-hydrogen) atoms. The van der Waals surface area contributed by atoms with Gasteiger partial charge in [0.15, 0.2) is 0 Å². The van der Waals surface area contributed by atoms with Gasteiger partial charge in [0.1, 0.15) is 5.56 Å². The van der Waals surface area contributed by atoms with E-state index in [1.807, 2.05) is 6.92 Å². The van der Waals surface area contributed by atoms with Gasteiger partial charge in [-0.3, -0.25) is 19.6 Å². The van der Waals surface area contributed by atoms with E-state index in [0.717, 1.165) is 20.8 Å². The van der Waals surface area contributed by atoms with Gasteiger partial charge in [-0.15, -0.1) is 0 Å². The van der Waals surface area contributed by atoms with Crippen molar-refractivity contribution in [2.45, 2.75) is 6.92 Å². The molecule has 1 aromatic carbocycles. The van der Waals surface area contributed by atoms with Gasteiger partial charge < -0.3 is 5.11 Å². The number of aromatic amines is 1. The van der Waals surface area contributed by atoms with Crippen LogP contribution in [-0.4, -0.2) is 31.8 Å². The summed E-state index contributed by atoms with van der Waals surface area (Å²) in [4.78, 5) is 42.1. The highest BCUT2D eigenvalue weighted by Gasteiger charge is 2.15. The van der Waals surface area contributed by atoms with Gasteiger partial charge in [0.2, 0.25) is 5.88 Å². The van der Waals surface area contributed by atoms with E-state index < -0.39 is 23.0 Å². The highest BCUT2D eigenvalue weighted by molar-refractivity contribution is 9.10. The lowest BCUT2D eigenvalue weighted by atomic mass is 10.2. The van der Waals surface area contributed by atoms with Gasteiger partial charge in [-0.05, 0) is 42.8 Å². The zero-order valence-corrected chi connectivity index (χ0v) is 16.1. The van der Waals surface area contributed by atoms with Crippen LogP contribution in [-0.2, 0) is 0 Å². The number of H-pyrrole nitrogens is 1. The second-order valence-electron chi connectivity index (χ2n) is 5.70. The summed E-state index contributed by atoms with van der Waals surface area (Å²) in [6.07, 6.45) is 3.87. The maximum absolute atomic E-state index is 12.2. The number of nitrogens with zero attached hydrogens (tertiary/aromatic N) is 3. The fraction of sp³-hybridized carbons (Fsp3) is 0.0556.